The van der Waals surface area contributed by atoms with Crippen molar-refractivity contribution < 1.29 is 4.79 Å². The maximum Gasteiger partial charge on any atom is 0.256 e. The van der Waals surface area contributed by atoms with Gasteiger partial charge in [0.15, 0.2) is 0 Å². The summed E-state index contributed by atoms with van der Waals surface area (Å²) in [6, 6.07) is 7.58. The Morgan fingerprint density at radius 3 is 2.77 bits per heavy atom. The second-order valence-corrected chi connectivity index (χ2v) is 8.21. The summed E-state index contributed by atoms with van der Waals surface area (Å²) in [6.45, 7) is 0. The summed E-state index contributed by atoms with van der Waals surface area (Å²) in [4.78, 5) is 14.2. The van der Waals surface area contributed by atoms with Gasteiger partial charge in [0.05, 0.1) is 17.5 Å². The average molecular weight is 385 g/mol. The summed E-state index contributed by atoms with van der Waals surface area (Å²) < 4.78 is 0. The zero-order valence-corrected chi connectivity index (χ0v) is 15.5. The molecule has 26 heavy (non-hydrogen) atoms. The van der Waals surface area contributed by atoms with E-state index in [9.17, 15) is 4.79 Å². The number of H-pyrrole nitrogens is 1. The highest BCUT2D eigenvalue weighted by Crippen LogP contribution is 2.42. The maximum atomic E-state index is 12.8. The van der Waals surface area contributed by atoms with Gasteiger partial charge in [-0.15, -0.1) is 11.3 Å². The maximum absolute atomic E-state index is 12.8. The molecule has 0 saturated carbocycles. The molecule has 3 aromatic rings. The van der Waals surface area contributed by atoms with E-state index in [0.717, 1.165) is 46.6 Å². The van der Waals surface area contributed by atoms with Crippen LogP contribution in [0.5, 0.6) is 0 Å². The lowest BCUT2D eigenvalue weighted by Crippen LogP contribution is -2.38. The number of rotatable bonds is 2. The summed E-state index contributed by atoms with van der Waals surface area (Å²) in [5, 5.41) is 15.5. The number of anilines is 1. The summed E-state index contributed by atoms with van der Waals surface area (Å²) in [7, 11) is 0. The van der Waals surface area contributed by atoms with Crippen molar-refractivity contribution in [3.8, 4) is 11.3 Å². The predicted molar refractivity (Wildman–Crippen MR) is 104 cm³/mol. The summed E-state index contributed by atoms with van der Waals surface area (Å²) in [5.41, 5.74) is 4.86. The average Bonchev–Trinajstić information content (AvgIpc) is 3.26. The Morgan fingerprint density at radius 2 is 1.92 bits per heavy atom. The lowest BCUT2D eigenvalue weighted by molar-refractivity contribution is 0.0935. The molecule has 1 aliphatic carbocycles. The second-order valence-electron chi connectivity index (χ2n) is 6.67. The fraction of sp³-hybridized carbons (Fsp3) is 0.263. The largest absolute Gasteiger partial charge is 0.352 e. The van der Waals surface area contributed by atoms with E-state index in [-0.39, 0.29) is 12.1 Å². The Labute approximate surface area is 159 Å². The number of nitrogens with zero attached hydrogens (tertiary/aromatic N) is 1. The molecule has 0 fully saturated rings. The molecular formula is C19H17ClN4OS. The van der Waals surface area contributed by atoms with Gasteiger partial charge in [0.1, 0.15) is 11.2 Å². The van der Waals surface area contributed by atoms with Crippen LogP contribution in [0.1, 0.15) is 45.4 Å². The highest BCUT2D eigenvalue weighted by atomic mass is 35.5. The van der Waals surface area contributed by atoms with E-state index in [4.69, 9.17) is 11.6 Å². The molecule has 3 N–H and O–H groups in total. The van der Waals surface area contributed by atoms with Crippen LogP contribution in [0.2, 0.25) is 5.02 Å². The monoisotopic (exact) mass is 384 g/mol. The van der Waals surface area contributed by atoms with Crippen molar-refractivity contribution in [3.63, 3.8) is 0 Å². The molecule has 0 radical (unpaired) electrons. The molecule has 7 heteroatoms. The minimum atomic E-state index is -0.306. The van der Waals surface area contributed by atoms with Crippen LogP contribution in [-0.4, -0.2) is 16.1 Å². The number of carbonyl (C=O) groups excluding carboxylic acids is 1. The van der Waals surface area contributed by atoms with Crippen molar-refractivity contribution in [1.29, 1.82) is 0 Å². The topological polar surface area (TPSA) is 69.8 Å². The van der Waals surface area contributed by atoms with Crippen molar-refractivity contribution in [2.75, 3.05) is 5.32 Å². The number of hydrogen-bond acceptors (Lipinski definition) is 4. The minimum absolute atomic E-state index is 0.00593. The van der Waals surface area contributed by atoms with Gasteiger partial charge in [-0.05, 0) is 43.4 Å². The highest BCUT2D eigenvalue weighted by Gasteiger charge is 2.33. The first-order valence-electron chi connectivity index (χ1n) is 8.72. The van der Waals surface area contributed by atoms with Gasteiger partial charge in [-0.25, -0.2) is 0 Å². The number of carbonyl (C=O) groups is 1. The van der Waals surface area contributed by atoms with Gasteiger partial charge in [-0.1, -0.05) is 23.7 Å². The number of halogens is 1. The van der Waals surface area contributed by atoms with Crippen LogP contribution in [0.4, 0.5) is 5.00 Å². The smallest absolute Gasteiger partial charge is 0.256 e. The van der Waals surface area contributed by atoms with Crippen molar-refractivity contribution in [2.45, 2.75) is 31.8 Å². The number of thiophene rings is 1. The molecule has 3 heterocycles. The summed E-state index contributed by atoms with van der Waals surface area (Å²) >= 11 is 7.72. The first-order chi connectivity index (χ1) is 12.7. The number of fused-ring (bicyclic) bond motifs is 3. The Kier molecular flexibility index (Phi) is 3.76. The van der Waals surface area contributed by atoms with Crippen LogP contribution in [0, 0.1) is 0 Å². The number of amides is 1. The molecule has 0 unspecified atom stereocenters. The van der Waals surface area contributed by atoms with Gasteiger partial charge in [-0.3, -0.25) is 9.89 Å². The van der Waals surface area contributed by atoms with E-state index < -0.39 is 0 Å². The molecule has 0 spiro atoms. The van der Waals surface area contributed by atoms with E-state index in [2.05, 4.69) is 20.8 Å². The Balaban J connectivity index is 1.52. The minimum Gasteiger partial charge on any atom is -0.352 e. The SMILES string of the molecule is O=C1N[C@H](c2cn[nH]c2-c2ccc(Cl)cc2)Nc2sc3c(c21)CCCC3. The van der Waals surface area contributed by atoms with Crippen LogP contribution in [0.15, 0.2) is 30.5 Å². The first kappa shape index (κ1) is 15.9. The van der Waals surface area contributed by atoms with E-state index in [1.165, 1.54) is 16.9 Å². The van der Waals surface area contributed by atoms with E-state index in [1.807, 2.05) is 24.3 Å². The van der Waals surface area contributed by atoms with Crippen molar-refractivity contribution in [1.82, 2.24) is 15.5 Å². The molecule has 132 valence electrons. The quantitative estimate of drug-likeness (QED) is 0.608. The zero-order chi connectivity index (χ0) is 17.7. The Morgan fingerprint density at radius 1 is 1.12 bits per heavy atom. The molecule has 1 amide bonds. The third-order valence-electron chi connectivity index (χ3n) is 5.06. The van der Waals surface area contributed by atoms with Gasteiger partial charge < -0.3 is 10.6 Å². The number of aromatic amines is 1. The molecule has 1 aliphatic heterocycles. The molecule has 0 saturated heterocycles. The van der Waals surface area contributed by atoms with E-state index in [0.29, 0.717) is 5.02 Å². The summed E-state index contributed by atoms with van der Waals surface area (Å²) in [6.07, 6.45) is 5.91. The Hall–Kier alpha value is -2.31. The number of aromatic nitrogens is 2. The number of aryl methyl sites for hydroxylation is 1. The van der Waals surface area contributed by atoms with Gasteiger partial charge >= 0.3 is 0 Å². The normalized spacial score (nSPS) is 18.7. The molecule has 1 atom stereocenters. The second kappa shape index (κ2) is 6.14. The Bertz CT molecular complexity index is 992. The number of benzene rings is 1. The standard InChI is InChI=1S/C19H17ClN4OS/c20-11-7-5-10(6-8-11)16-13(9-21-24-16)17-22-18(25)15-12-3-1-2-4-14(12)26-19(15)23-17/h5-9,17,23H,1-4H2,(H,21,24)(H,22,25)/t17-/m0/s1. The van der Waals surface area contributed by atoms with Crippen molar-refractivity contribution in [2.24, 2.45) is 0 Å². The third-order valence-corrected chi connectivity index (χ3v) is 6.54. The molecule has 2 aliphatic rings. The molecule has 1 aromatic carbocycles. The first-order valence-corrected chi connectivity index (χ1v) is 9.91. The van der Waals surface area contributed by atoms with Crippen LogP contribution in [0.25, 0.3) is 11.3 Å². The van der Waals surface area contributed by atoms with E-state index in [1.54, 1.807) is 17.5 Å². The van der Waals surface area contributed by atoms with Crippen LogP contribution in [-0.2, 0) is 12.8 Å². The predicted octanol–water partition coefficient (Wildman–Crippen LogP) is 4.52. The van der Waals surface area contributed by atoms with Gasteiger partial charge in [0, 0.05) is 21.0 Å². The van der Waals surface area contributed by atoms with Crippen LogP contribution in [0.3, 0.4) is 0 Å². The molecule has 5 rings (SSSR count). The fourth-order valence-electron chi connectivity index (χ4n) is 3.80. The molecule has 5 nitrogen and oxygen atoms in total. The zero-order valence-electron chi connectivity index (χ0n) is 13.9. The number of hydrogen-bond donors (Lipinski definition) is 3. The van der Waals surface area contributed by atoms with Gasteiger partial charge in [-0.2, -0.15) is 5.10 Å². The number of nitrogens with one attached hydrogen (secondary N) is 3. The molecule has 2 aromatic heterocycles. The molecule has 0 bridgehead atoms. The van der Waals surface area contributed by atoms with Crippen molar-refractivity contribution in [3.05, 3.63) is 57.1 Å². The lowest BCUT2D eigenvalue weighted by atomic mass is 9.94. The summed E-state index contributed by atoms with van der Waals surface area (Å²) in [5.74, 6) is 0.00593. The fourth-order valence-corrected chi connectivity index (χ4v) is 5.24. The lowest BCUT2D eigenvalue weighted by Gasteiger charge is -2.26. The van der Waals surface area contributed by atoms with Crippen LogP contribution < -0.4 is 10.6 Å². The van der Waals surface area contributed by atoms with Crippen molar-refractivity contribution >= 4 is 33.8 Å². The van der Waals surface area contributed by atoms with Crippen LogP contribution >= 0.6 is 22.9 Å². The van der Waals surface area contributed by atoms with Gasteiger partial charge in [0.2, 0.25) is 0 Å². The molecular weight excluding hydrogens is 368 g/mol. The third kappa shape index (κ3) is 2.52. The van der Waals surface area contributed by atoms with Gasteiger partial charge in [0.25, 0.3) is 5.91 Å². The van der Waals surface area contributed by atoms with E-state index >= 15 is 0 Å². The highest BCUT2D eigenvalue weighted by molar-refractivity contribution is 7.16.